The van der Waals surface area contributed by atoms with Gasteiger partial charge in [-0.2, -0.15) is 5.09 Å². The fourth-order valence-corrected chi connectivity index (χ4v) is 6.94. The molecule has 2 unspecified atom stereocenters. The molecule has 3 heterocycles. The Hall–Kier alpha value is -2.41. The lowest BCUT2D eigenvalue weighted by Crippen LogP contribution is -2.52. The summed E-state index contributed by atoms with van der Waals surface area (Å²) >= 11 is 1.44. The highest BCUT2D eigenvalue weighted by Gasteiger charge is 2.61. The second-order valence-corrected chi connectivity index (χ2v) is 12.2. The molecule has 202 valence electrons. The fraction of sp³-hybridized carbons (Fsp3) is 0.522. The van der Waals surface area contributed by atoms with Crippen molar-refractivity contribution in [1.29, 1.82) is 0 Å². The van der Waals surface area contributed by atoms with Crippen molar-refractivity contribution in [3.8, 4) is 5.75 Å². The van der Waals surface area contributed by atoms with Crippen LogP contribution in [0.3, 0.4) is 0 Å². The maximum Gasteiger partial charge on any atom is 0.459 e. The molecule has 1 aromatic heterocycles. The van der Waals surface area contributed by atoms with Crippen LogP contribution in [0.1, 0.15) is 33.4 Å². The predicted octanol–water partition coefficient (Wildman–Crippen LogP) is 1.80. The quantitative estimate of drug-likeness (QED) is 0.290. The number of H-pyrrole nitrogens is 1. The average molecular weight is 556 g/mol. The van der Waals surface area contributed by atoms with E-state index in [0.29, 0.717) is 6.42 Å². The van der Waals surface area contributed by atoms with Gasteiger partial charge in [-0.1, -0.05) is 18.2 Å². The first kappa shape index (κ1) is 27.6. The van der Waals surface area contributed by atoms with Gasteiger partial charge in [0.1, 0.15) is 24.0 Å². The maximum absolute atomic E-state index is 13.7. The number of nitrogens with zero attached hydrogens (tertiary/aromatic N) is 1. The highest BCUT2D eigenvalue weighted by atomic mass is 32.2. The van der Waals surface area contributed by atoms with Crippen LogP contribution in [-0.2, 0) is 23.4 Å². The standard InChI is InChI=1S/C23H30N3O9PS/c1-14(2)33-20(29)15(3)25-36(31,35-16-7-5-4-6-8-16)32-13-17-19(28)23(10-12-37-23)21(34-17)26-11-9-18(27)24-22(26)30/h4-9,11,14-15,17,19,21,28H,10,12-13H2,1-3H3,(H,25,31)(H,24,27,30)/t15?,17-,19-,21-,23-,36?/m1/s1. The molecule has 0 aliphatic carbocycles. The Bertz CT molecular complexity index is 1260. The summed E-state index contributed by atoms with van der Waals surface area (Å²) in [5, 5.41) is 13.7. The lowest BCUT2D eigenvalue weighted by molar-refractivity contribution is -0.149. The van der Waals surface area contributed by atoms with Crippen molar-refractivity contribution in [2.45, 2.75) is 62.5 Å². The number of aromatic nitrogens is 2. The number of rotatable bonds is 10. The number of benzene rings is 1. The number of thioether (sulfide) groups is 1. The predicted molar refractivity (Wildman–Crippen MR) is 135 cm³/mol. The maximum atomic E-state index is 13.7. The number of nitrogens with one attached hydrogen (secondary N) is 2. The first-order valence-electron chi connectivity index (χ1n) is 11.8. The number of carbonyl (C=O) groups excluding carboxylic acids is 1. The summed E-state index contributed by atoms with van der Waals surface area (Å²) in [6.45, 7) is 4.48. The molecule has 2 saturated heterocycles. The monoisotopic (exact) mass is 555 g/mol. The summed E-state index contributed by atoms with van der Waals surface area (Å²) in [5.41, 5.74) is -1.22. The first-order valence-corrected chi connectivity index (χ1v) is 14.3. The molecular weight excluding hydrogens is 525 g/mol. The van der Waals surface area contributed by atoms with Crippen molar-refractivity contribution >= 4 is 25.5 Å². The molecule has 0 bridgehead atoms. The molecule has 2 aliphatic heterocycles. The Balaban J connectivity index is 1.53. The molecule has 37 heavy (non-hydrogen) atoms. The topological polar surface area (TPSA) is 158 Å². The average Bonchev–Trinajstić information content (AvgIpc) is 3.10. The Morgan fingerprint density at radius 1 is 1.30 bits per heavy atom. The molecule has 2 aromatic rings. The van der Waals surface area contributed by atoms with E-state index in [2.05, 4.69) is 10.1 Å². The highest BCUT2D eigenvalue weighted by Crippen LogP contribution is 2.57. The van der Waals surface area contributed by atoms with E-state index in [0.717, 1.165) is 5.75 Å². The largest absolute Gasteiger partial charge is 0.462 e. The number of ether oxygens (including phenoxy) is 2. The first-order chi connectivity index (χ1) is 17.5. The third kappa shape index (κ3) is 6.02. The second-order valence-electron chi connectivity index (χ2n) is 9.08. The van der Waals surface area contributed by atoms with Crippen molar-refractivity contribution in [3.05, 3.63) is 63.4 Å². The van der Waals surface area contributed by atoms with E-state index in [1.807, 2.05) is 0 Å². The van der Waals surface area contributed by atoms with E-state index in [4.69, 9.17) is 18.5 Å². The molecule has 2 fully saturated rings. The van der Waals surface area contributed by atoms with E-state index < -0.39 is 54.2 Å². The van der Waals surface area contributed by atoms with Gasteiger partial charge in [-0.3, -0.25) is 23.7 Å². The van der Waals surface area contributed by atoms with Gasteiger partial charge >= 0.3 is 19.4 Å². The van der Waals surface area contributed by atoms with Gasteiger partial charge in [-0.15, -0.1) is 11.8 Å². The van der Waals surface area contributed by atoms with E-state index in [1.165, 1.54) is 35.5 Å². The fourth-order valence-electron chi connectivity index (χ4n) is 4.13. The van der Waals surface area contributed by atoms with E-state index >= 15 is 0 Å². The van der Waals surface area contributed by atoms with Gasteiger partial charge in [0.05, 0.1) is 17.5 Å². The zero-order chi connectivity index (χ0) is 26.8. The molecule has 1 aromatic carbocycles. The van der Waals surface area contributed by atoms with Crippen molar-refractivity contribution < 1.29 is 33.0 Å². The third-order valence-electron chi connectivity index (χ3n) is 5.98. The zero-order valence-corrected chi connectivity index (χ0v) is 22.3. The molecule has 14 heteroatoms. The van der Waals surface area contributed by atoms with Gasteiger partial charge in [0.15, 0.2) is 6.23 Å². The van der Waals surface area contributed by atoms with Crippen molar-refractivity contribution in [2.75, 3.05) is 12.4 Å². The molecule has 2 aliphatic rings. The summed E-state index contributed by atoms with van der Waals surface area (Å²) < 4.78 is 36.6. The number of esters is 1. The number of hydrogen-bond acceptors (Lipinski definition) is 10. The van der Waals surface area contributed by atoms with E-state index in [1.54, 1.807) is 44.2 Å². The van der Waals surface area contributed by atoms with E-state index in [9.17, 15) is 24.1 Å². The molecule has 0 radical (unpaired) electrons. The van der Waals surface area contributed by atoms with Crippen LogP contribution in [0.2, 0.25) is 0 Å². The minimum atomic E-state index is -4.18. The van der Waals surface area contributed by atoms with Crippen LogP contribution < -0.4 is 20.9 Å². The molecule has 12 nitrogen and oxygen atoms in total. The number of para-hydroxylation sites is 1. The molecule has 3 N–H and O–H groups in total. The van der Waals surface area contributed by atoms with Crippen LogP contribution in [0, 0.1) is 0 Å². The van der Waals surface area contributed by atoms with Gasteiger partial charge < -0.3 is 19.1 Å². The summed E-state index contributed by atoms with van der Waals surface area (Å²) in [6.07, 6.45) is -1.46. The molecular formula is C23H30N3O9PS. The Kier molecular flexibility index (Phi) is 8.32. The van der Waals surface area contributed by atoms with Crippen molar-refractivity contribution in [3.63, 3.8) is 0 Å². The number of hydrogen-bond donors (Lipinski definition) is 3. The lowest BCUT2D eigenvalue weighted by atomic mass is 9.94. The zero-order valence-electron chi connectivity index (χ0n) is 20.6. The Morgan fingerprint density at radius 2 is 2.00 bits per heavy atom. The molecule has 6 atom stereocenters. The summed E-state index contributed by atoms with van der Waals surface area (Å²) in [7, 11) is -4.18. The highest BCUT2D eigenvalue weighted by molar-refractivity contribution is 8.02. The molecule has 0 saturated carbocycles. The van der Waals surface area contributed by atoms with Gasteiger partial charge in [-0.25, -0.2) is 9.36 Å². The van der Waals surface area contributed by atoms with Crippen LogP contribution in [0.4, 0.5) is 0 Å². The van der Waals surface area contributed by atoms with Gasteiger partial charge in [-0.05, 0) is 45.1 Å². The van der Waals surface area contributed by atoms with E-state index in [-0.39, 0.29) is 18.5 Å². The number of aliphatic hydroxyl groups excluding tert-OH is 1. The summed E-state index contributed by atoms with van der Waals surface area (Å²) in [4.78, 5) is 38.5. The van der Waals surface area contributed by atoms with Crippen LogP contribution >= 0.6 is 19.5 Å². The Labute approximate surface area is 217 Å². The Morgan fingerprint density at radius 3 is 2.59 bits per heavy atom. The number of aromatic amines is 1. The molecule has 4 rings (SSSR count). The second kappa shape index (κ2) is 11.1. The lowest BCUT2D eigenvalue weighted by Gasteiger charge is -2.43. The summed E-state index contributed by atoms with van der Waals surface area (Å²) in [6, 6.07) is 8.44. The van der Waals surface area contributed by atoms with Crippen LogP contribution in [0.5, 0.6) is 5.75 Å². The molecule has 0 amide bonds. The van der Waals surface area contributed by atoms with Crippen molar-refractivity contribution in [2.24, 2.45) is 0 Å². The van der Waals surface area contributed by atoms with Gasteiger partial charge in [0, 0.05) is 12.3 Å². The van der Waals surface area contributed by atoms with Crippen LogP contribution in [0.15, 0.2) is 52.2 Å². The van der Waals surface area contributed by atoms with Crippen LogP contribution in [0.25, 0.3) is 0 Å². The summed E-state index contributed by atoms with van der Waals surface area (Å²) in [5.74, 6) is 0.337. The van der Waals surface area contributed by atoms with Gasteiger partial charge in [0.2, 0.25) is 0 Å². The number of carbonyl (C=O) groups is 1. The third-order valence-corrected chi connectivity index (χ3v) is 9.21. The minimum Gasteiger partial charge on any atom is -0.462 e. The SMILES string of the molecule is CC(C)OC(=O)C(C)NP(=O)(OC[C@H]1O[C@@H](n2ccc(=O)[nH]c2=O)[C@@]2(CCS2)[C@@H]1O)Oc1ccccc1. The minimum absolute atomic E-state index is 0.235. The van der Waals surface area contributed by atoms with Gasteiger partial charge in [0.25, 0.3) is 5.56 Å². The van der Waals surface area contributed by atoms with Crippen molar-refractivity contribution in [1.82, 2.24) is 14.6 Å². The smallest absolute Gasteiger partial charge is 0.459 e. The normalized spacial score (nSPS) is 27.4. The number of aliphatic hydroxyl groups is 1. The van der Waals surface area contributed by atoms with Crippen LogP contribution in [-0.4, -0.2) is 62.1 Å². The molecule has 1 spiro atoms.